The van der Waals surface area contributed by atoms with Crippen LogP contribution in [0.15, 0.2) is 54.2 Å². The third-order valence-electron chi connectivity index (χ3n) is 7.44. The van der Waals surface area contributed by atoms with Crippen LogP contribution in [0.5, 0.6) is 5.75 Å². The number of benzene rings is 2. The van der Waals surface area contributed by atoms with Gasteiger partial charge in [-0.3, -0.25) is 14.4 Å². The van der Waals surface area contributed by atoms with Crippen LogP contribution in [0, 0.1) is 5.92 Å². The molecular formula is C32H39N3O6. The van der Waals surface area contributed by atoms with Crippen molar-refractivity contribution in [3.63, 3.8) is 0 Å². The largest absolute Gasteiger partial charge is 0.494 e. The summed E-state index contributed by atoms with van der Waals surface area (Å²) in [5, 5.41) is 7.20. The van der Waals surface area contributed by atoms with Gasteiger partial charge >= 0.3 is 5.97 Å². The zero-order valence-corrected chi connectivity index (χ0v) is 23.4. The highest BCUT2D eigenvalue weighted by molar-refractivity contribution is 6.05. The Bertz CT molecular complexity index is 1210. The number of hydrogen-bond acceptors (Lipinski definition) is 7. The lowest BCUT2D eigenvalue weighted by molar-refractivity contribution is -0.205. The van der Waals surface area contributed by atoms with E-state index in [-0.39, 0.29) is 30.5 Å². The molecule has 2 aromatic carbocycles. The highest BCUT2D eigenvalue weighted by Crippen LogP contribution is 2.40. The second kappa shape index (κ2) is 14.3. The van der Waals surface area contributed by atoms with E-state index in [9.17, 15) is 14.4 Å². The van der Waals surface area contributed by atoms with E-state index in [0.29, 0.717) is 50.8 Å². The maximum atomic E-state index is 13.1. The minimum absolute atomic E-state index is 0.134. The Morgan fingerprint density at radius 3 is 2.37 bits per heavy atom. The van der Waals surface area contributed by atoms with E-state index in [2.05, 4.69) is 22.8 Å². The summed E-state index contributed by atoms with van der Waals surface area (Å²) in [7, 11) is 0. The molecule has 9 nitrogen and oxygen atoms in total. The molecule has 2 aliphatic carbocycles. The zero-order valence-electron chi connectivity index (χ0n) is 23.4. The Morgan fingerprint density at radius 1 is 0.951 bits per heavy atom. The lowest BCUT2D eigenvalue weighted by atomic mass is 10.1. The molecule has 0 aromatic heterocycles. The lowest BCUT2D eigenvalue weighted by Gasteiger charge is -2.24. The number of amides is 2. The summed E-state index contributed by atoms with van der Waals surface area (Å²) in [4.78, 5) is 43.7. The molecule has 0 unspecified atom stereocenters. The summed E-state index contributed by atoms with van der Waals surface area (Å²) in [6.45, 7) is 3.10. The van der Waals surface area contributed by atoms with Gasteiger partial charge in [-0.1, -0.05) is 37.1 Å². The molecule has 5 rings (SSSR count). The molecule has 9 heteroatoms. The van der Waals surface area contributed by atoms with E-state index in [1.54, 1.807) is 35.4 Å². The van der Waals surface area contributed by atoms with Crippen molar-refractivity contribution in [1.29, 1.82) is 0 Å². The first-order valence-corrected chi connectivity index (χ1v) is 14.7. The third-order valence-corrected chi connectivity index (χ3v) is 7.44. The molecule has 3 fully saturated rings. The predicted octanol–water partition coefficient (Wildman–Crippen LogP) is 4.20. The van der Waals surface area contributed by atoms with Crippen molar-refractivity contribution < 1.29 is 28.7 Å². The number of morpholine rings is 1. The van der Waals surface area contributed by atoms with Crippen LogP contribution in [0.3, 0.4) is 0 Å². The van der Waals surface area contributed by atoms with Crippen LogP contribution in [0.2, 0.25) is 0 Å². The van der Waals surface area contributed by atoms with Crippen molar-refractivity contribution in [3.8, 4) is 5.75 Å². The molecule has 1 aliphatic heterocycles. The first-order valence-electron chi connectivity index (χ1n) is 14.7. The van der Waals surface area contributed by atoms with Gasteiger partial charge in [-0.2, -0.15) is 0 Å². The molecule has 218 valence electrons. The number of hydrogen-bond donors (Lipinski definition) is 2. The van der Waals surface area contributed by atoms with E-state index in [1.165, 1.54) is 31.2 Å². The zero-order chi connectivity index (χ0) is 28.4. The predicted molar refractivity (Wildman–Crippen MR) is 154 cm³/mol. The molecule has 0 spiro atoms. The molecule has 1 heterocycles. The number of rotatable bonds is 14. The van der Waals surface area contributed by atoms with E-state index >= 15 is 0 Å². The Labute approximate surface area is 241 Å². The third kappa shape index (κ3) is 9.43. The molecule has 1 saturated heterocycles. The van der Waals surface area contributed by atoms with E-state index in [0.717, 1.165) is 23.7 Å². The molecule has 0 bridgehead atoms. The van der Waals surface area contributed by atoms with Gasteiger partial charge in [0.2, 0.25) is 0 Å². The second-order valence-corrected chi connectivity index (χ2v) is 10.9. The van der Waals surface area contributed by atoms with E-state index in [4.69, 9.17) is 14.3 Å². The summed E-state index contributed by atoms with van der Waals surface area (Å²) in [6, 6.07) is 15.0. The van der Waals surface area contributed by atoms with Gasteiger partial charge in [0.1, 0.15) is 11.4 Å². The van der Waals surface area contributed by atoms with Gasteiger partial charge < -0.3 is 24.9 Å². The second-order valence-electron chi connectivity index (χ2n) is 10.9. The minimum atomic E-state index is -0.425. The number of hydroxylamine groups is 2. The Hall–Kier alpha value is -3.69. The molecule has 41 heavy (non-hydrogen) atoms. The highest BCUT2D eigenvalue weighted by atomic mass is 16.7. The van der Waals surface area contributed by atoms with Crippen LogP contribution in [-0.4, -0.2) is 62.3 Å². The Morgan fingerprint density at radius 2 is 1.68 bits per heavy atom. The molecule has 2 saturated carbocycles. The summed E-state index contributed by atoms with van der Waals surface area (Å²) >= 11 is 0. The molecule has 2 aromatic rings. The van der Waals surface area contributed by atoms with Crippen molar-refractivity contribution in [3.05, 3.63) is 70.9 Å². The minimum Gasteiger partial charge on any atom is -0.494 e. The summed E-state index contributed by atoms with van der Waals surface area (Å²) < 4.78 is 11.0. The number of nitrogens with one attached hydrogen (secondary N) is 2. The molecule has 2 N–H and O–H groups in total. The van der Waals surface area contributed by atoms with Crippen LogP contribution < -0.4 is 15.4 Å². The molecule has 0 radical (unpaired) electrons. The van der Waals surface area contributed by atoms with Gasteiger partial charge in [-0.25, -0.2) is 0 Å². The fraction of sp³-hybridized carbons (Fsp3) is 0.469. The molecule has 2 amide bonds. The number of carbonyl (C=O) groups excluding carboxylic acids is 3. The quantitative estimate of drug-likeness (QED) is 0.263. The van der Waals surface area contributed by atoms with Crippen molar-refractivity contribution in [2.24, 2.45) is 5.92 Å². The monoisotopic (exact) mass is 561 g/mol. The van der Waals surface area contributed by atoms with Crippen LogP contribution >= 0.6 is 0 Å². The maximum absolute atomic E-state index is 13.1. The fourth-order valence-electron chi connectivity index (χ4n) is 4.61. The SMILES string of the molecule is O=C(CCCNC(=O)/C(=C/c1ccc(C2CC2)cc1)NC(=O)c1ccc(OCCC2CC2)cc1)ON1CCOCC1. The highest BCUT2D eigenvalue weighted by Gasteiger charge is 2.23. The van der Waals surface area contributed by atoms with Crippen LogP contribution in [0.25, 0.3) is 6.08 Å². The standard InChI is InChI=1S/C32H39N3O6/c36-30(41-35-17-20-39-21-18-35)2-1-16-33-32(38)29(22-24-5-7-25(8-6-24)26-9-10-26)34-31(37)27-11-13-28(14-12-27)40-19-15-23-3-4-23/h5-8,11-14,22-23,26H,1-4,9-10,15-21H2,(H,33,38)(H,34,37)/b29-22-. The van der Waals surface area contributed by atoms with Crippen LogP contribution in [0.4, 0.5) is 0 Å². The van der Waals surface area contributed by atoms with Crippen LogP contribution in [0.1, 0.15) is 72.3 Å². The van der Waals surface area contributed by atoms with Gasteiger partial charge in [0, 0.05) is 18.5 Å². The van der Waals surface area contributed by atoms with Crippen molar-refractivity contribution >= 4 is 23.9 Å². The number of carbonyl (C=O) groups is 3. The average molecular weight is 562 g/mol. The van der Waals surface area contributed by atoms with Crippen molar-refractivity contribution in [2.45, 2.75) is 50.9 Å². The van der Waals surface area contributed by atoms with E-state index < -0.39 is 5.91 Å². The smallest absolute Gasteiger partial charge is 0.325 e. The van der Waals surface area contributed by atoms with Gasteiger partial charge in [0.25, 0.3) is 11.8 Å². The number of ether oxygens (including phenoxy) is 2. The van der Waals surface area contributed by atoms with E-state index in [1.807, 2.05) is 12.1 Å². The van der Waals surface area contributed by atoms with Crippen molar-refractivity contribution in [1.82, 2.24) is 15.7 Å². The van der Waals surface area contributed by atoms with Gasteiger partial charge in [0.15, 0.2) is 0 Å². The Balaban J connectivity index is 1.16. The van der Waals surface area contributed by atoms with Gasteiger partial charge in [0.05, 0.1) is 32.9 Å². The maximum Gasteiger partial charge on any atom is 0.325 e. The summed E-state index contributed by atoms with van der Waals surface area (Å²) in [6.07, 6.45) is 8.31. The molecule has 0 atom stereocenters. The molecular weight excluding hydrogens is 522 g/mol. The first-order chi connectivity index (χ1) is 20.0. The lowest BCUT2D eigenvalue weighted by Crippen LogP contribution is -2.38. The van der Waals surface area contributed by atoms with Gasteiger partial charge in [-0.05, 0) is 79.0 Å². The number of nitrogens with zero attached hydrogens (tertiary/aromatic N) is 1. The summed E-state index contributed by atoms with van der Waals surface area (Å²) in [5.74, 6) is 0.988. The molecule has 3 aliphatic rings. The van der Waals surface area contributed by atoms with Crippen LogP contribution in [-0.2, 0) is 19.2 Å². The fourth-order valence-corrected chi connectivity index (χ4v) is 4.61. The first kappa shape index (κ1) is 28.8. The van der Waals surface area contributed by atoms with Gasteiger partial charge in [-0.15, -0.1) is 5.06 Å². The summed E-state index contributed by atoms with van der Waals surface area (Å²) in [5.41, 5.74) is 2.66. The van der Waals surface area contributed by atoms with Crippen molar-refractivity contribution in [2.75, 3.05) is 39.5 Å². The normalized spacial score (nSPS) is 17.5. The average Bonchev–Trinajstić information content (AvgIpc) is 3.91. The topological polar surface area (TPSA) is 106 Å². The Kier molecular flexibility index (Phi) is 10.0.